The fourth-order valence-corrected chi connectivity index (χ4v) is 3.79. The number of rotatable bonds is 5. The van der Waals surface area contributed by atoms with Gasteiger partial charge in [-0.05, 0) is 37.3 Å². The minimum atomic E-state index is 0.0460. The van der Waals surface area contributed by atoms with Gasteiger partial charge in [-0.2, -0.15) is 8.75 Å². The number of nitrogens with zero attached hydrogens (tertiary/aromatic N) is 4. The molecule has 144 valence electrons. The van der Waals surface area contributed by atoms with Crippen LogP contribution >= 0.6 is 11.7 Å². The van der Waals surface area contributed by atoms with E-state index in [9.17, 15) is 4.79 Å². The Kier molecular flexibility index (Phi) is 5.53. The molecule has 0 N–H and O–H groups in total. The minimum Gasteiger partial charge on any atom is -0.487 e. The van der Waals surface area contributed by atoms with Gasteiger partial charge in [-0.25, -0.2) is 0 Å². The largest absolute Gasteiger partial charge is 0.487 e. The van der Waals surface area contributed by atoms with Gasteiger partial charge in [0, 0.05) is 37.4 Å². The minimum absolute atomic E-state index is 0.0460. The Morgan fingerprint density at radius 2 is 1.82 bits per heavy atom. The molecule has 0 unspecified atom stereocenters. The number of carbonyl (C=O) groups is 1. The van der Waals surface area contributed by atoms with Gasteiger partial charge in [-0.1, -0.05) is 24.3 Å². The van der Waals surface area contributed by atoms with Crippen LogP contribution in [0.15, 0.2) is 54.6 Å². The molecule has 1 amide bonds. The normalized spacial score (nSPS) is 14.2. The maximum atomic E-state index is 12.9. The number of hydrogen-bond acceptors (Lipinski definition) is 6. The van der Waals surface area contributed by atoms with Crippen LogP contribution in [0.1, 0.15) is 21.7 Å². The molecule has 2 heterocycles. The van der Waals surface area contributed by atoms with Crippen molar-refractivity contribution in [1.82, 2.24) is 13.6 Å². The fourth-order valence-electron chi connectivity index (χ4n) is 3.24. The van der Waals surface area contributed by atoms with Crippen molar-refractivity contribution in [2.75, 3.05) is 31.1 Å². The van der Waals surface area contributed by atoms with Crippen LogP contribution in [0.5, 0.6) is 5.75 Å². The van der Waals surface area contributed by atoms with E-state index in [0.29, 0.717) is 31.0 Å². The van der Waals surface area contributed by atoms with Crippen LogP contribution in [0.25, 0.3) is 0 Å². The summed E-state index contributed by atoms with van der Waals surface area (Å²) in [6, 6.07) is 17.7. The monoisotopic (exact) mass is 394 g/mol. The molecule has 4 rings (SSSR count). The number of hydrogen-bond donors (Lipinski definition) is 0. The summed E-state index contributed by atoms with van der Waals surface area (Å²) in [7, 11) is 0. The molecule has 1 saturated heterocycles. The smallest absolute Gasteiger partial charge is 0.254 e. The van der Waals surface area contributed by atoms with Gasteiger partial charge in [0.05, 0.1) is 17.4 Å². The lowest BCUT2D eigenvalue weighted by atomic mass is 10.1. The quantitative estimate of drug-likeness (QED) is 0.664. The first kappa shape index (κ1) is 18.4. The lowest BCUT2D eigenvalue weighted by molar-refractivity contribution is 0.0746. The molecule has 0 bridgehead atoms. The Labute approximate surface area is 168 Å². The average Bonchev–Trinajstić information content (AvgIpc) is 3.17. The number of aryl methyl sites for hydroxylation is 1. The summed E-state index contributed by atoms with van der Waals surface area (Å²) >= 11 is 1.18. The van der Waals surface area contributed by atoms with Crippen LogP contribution in [0.4, 0.5) is 5.69 Å². The van der Waals surface area contributed by atoms with Gasteiger partial charge in [0.15, 0.2) is 0 Å². The Bertz CT molecular complexity index is 936. The van der Waals surface area contributed by atoms with Crippen LogP contribution in [0.2, 0.25) is 0 Å². The van der Waals surface area contributed by atoms with Gasteiger partial charge < -0.3 is 14.5 Å². The first-order valence-electron chi connectivity index (χ1n) is 9.31. The molecule has 7 heteroatoms. The molecule has 0 aliphatic carbocycles. The molecule has 6 nitrogen and oxygen atoms in total. The third kappa shape index (κ3) is 4.14. The van der Waals surface area contributed by atoms with E-state index in [4.69, 9.17) is 4.74 Å². The standard InChI is InChI=1S/C21H22N4O2S/c1-16-20(23-28-22-16)15-27-19-9-5-6-17(14-19)21(26)25-12-10-24(11-13-25)18-7-3-2-4-8-18/h2-9,14H,10-13,15H2,1H3. The summed E-state index contributed by atoms with van der Waals surface area (Å²) in [6.07, 6.45) is 0. The first-order valence-corrected chi connectivity index (χ1v) is 10.0. The second kappa shape index (κ2) is 8.39. The van der Waals surface area contributed by atoms with Gasteiger partial charge in [0.2, 0.25) is 0 Å². The third-order valence-electron chi connectivity index (χ3n) is 4.89. The number of benzene rings is 2. The maximum Gasteiger partial charge on any atom is 0.254 e. The number of piperazine rings is 1. The van der Waals surface area contributed by atoms with Crippen molar-refractivity contribution < 1.29 is 9.53 Å². The maximum absolute atomic E-state index is 12.9. The van der Waals surface area contributed by atoms with Crippen LogP contribution in [0.3, 0.4) is 0 Å². The zero-order valence-electron chi connectivity index (χ0n) is 15.7. The SMILES string of the molecule is Cc1nsnc1COc1cccc(C(=O)N2CCN(c3ccccc3)CC2)c1. The summed E-state index contributed by atoms with van der Waals surface area (Å²) in [4.78, 5) is 17.1. The molecular formula is C21H22N4O2S. The van der Waals surface area contributed by atoms with E-state index in [0.717, 1.165) is 24.5 Å². The highest BCUT2D eigenvalue weighted by Gasteiger charge is 2.22. The Morgan fingerprint density at radius 1 is 1.04 bits per heavy atom. The molecule has 0 spiro atoms. The topological polar surface area (TPSA) is 58.6 Å². The van der Waals surface area contributed by atoms with Gasteiger partial charge in [-0.3, -0.25) is 4.79 Å². The number of amides is 1. The summed E-state index contributed by atoms with van der Waals surface area (Å²) in [5.41, 5.74) is 3.57. The molecule has 3 aromatic rings. The van der Waals surface area contributed by atoms with Crippen LogP contribution in [-0.2, 0) is 6.61 Å². The summed E-state index contributed by atoms with van der Waals surface area (Å²) in [6.45, 7) is 5.36. The Morgan fingerprint density at radius 3 is 2.54 bits per heavy atom. The highest BCUT2D eigenvalue weighted by atomic mass is 32.1. The lowest BCUT2D eigenvalue weighted by Crippen LogP contribution is -2.48. The van der Waals surface area contributed by atoms with E-state index in [2.05, 4.69) is 25.8 Å². The summed E-state index contributed by atoms with van der Waals surface area (Å²) in [5, 5.41) is 0. The van der Waals surface area contributed by atoms with Crippen molar-refractivity contribution in [3.05, 3.63) is 71.5 Å². The van der Waals surface area contributed by atoms with Gasteiger partial charge >= 0.3 is 0 Å². The number of aromatic nitrogens is 2. The number of carbonyl (C=O) groups excluding carboxylic acids is 1. The fraction of sp³-hybridized carbons (Fsp3) is 0.286. The number of para-hydroxylation sites is 1. The summed E-state index contributed by atoms with van der Waals surface area (Å²) in [5.74, 6) is 0.714. The van der Waals surface area contributed by atoms with Gasteiger partial charge in [-0.15, -0.1) is 0 Å². The van der Waals surface area contributed by atoms with E-state index in [1.807, 2.05) is 48.2 Å². The van der Waals surface area contributed by atoms with Crippen LogP contribution < -0.4 is 9.64 Å². The molecule has 1 aliphatic rings. The molecule has 0 atom stereocenters. The number of ether oxygens (including phenoxy) is 1. The molecule has 0 saturated carbocycles. The predicted octanol–water partition coefficient (Wildman–Crippen LogP) is 3.39. The van der Waals surface area contributed by atoms with Crippen molar-refractivity contribution in [3.63, 3.8) is 0 Å². The molecule has 1 aliphatic heterocycles. The van der Waals surface area contributed by atoms with E-state index in [1.165, 1.54) is 17.4 Å². The van der Waals surface area contributed by atoms with Crippen molar-refractivity contribution in [2.24, 2.45) is 0 Å². The highest BCUT2D eigenvalue weighted by molar-refractivity contribution is 6.99. The van der Waals surface area contributed by atoms with Gasteiger partial charge in [0.25, 0.3) is 5.91 Å². The molecule has 1 aromatic heterocycles. The highest BCUT2D eigenvalue weighted by Crippen LogP contribution is 2.20. The van der Waals surface area contributed by atoms with Crippen molar-refractivity contribution in [3.8, 4) is 5.75 Å². The van der Waals surface area contributed by atoms with Gasteiger partial charge in [0.1, 0.15) is 18.1 Å². The van der Waals surface area contributed by atoms with Crippen molar-refractivity contribution in [2.45, 2.75) is 13.5 Å². The van der Waals surface area contributed by atoms with E-state index in [-0.39, 0.29) is 5.91 Å². The Hall–Kier alpha value is -2.93. The third-order valence-corrected chi connectivity index (χ3v) is 5.55. The van der Waals surface area contributed by atoms with E-state index in [1.54, 1.807) is 6.07 Å². The van der Waals surface area contributed by atoms with Crippen LogP contribution in [0, 0.1) is 6.92 Å². The zero-order valence-corrected chi connectivity index (χ0v) is 16.6. The molecule has 1 fully saturated rings. The van der Waals surface area contributed by atoms with Crippen molar-refractivity contribution >= 4 is 23.3 Å². The zero-order chi connectivity index (χ0) is 19.3. The second-order valence-corrected chi connectivity index (χ2v) is 7.26. The molecular weight excluding hydrogens is 372 g/mol. The van der Waals surface area contributed by atoms with Crippen LogP contribution in [-0.4, -0.2) is 45.7 Å². The summed E-state index contributed by atoms with van der Waals surface area (Å²) < 4.78 is 14.2. The van der Waals surface area contributed by atoms with E-state index < -0.39 is 0 Å². The first-order chi connectivity index (χ1) is 13.7. The molecule has 0 radical (unpaired) electrons. The van der Waals surface area contributed by atoms with Crippen molar-refractivity contribution in [1.29, 1.82) is 0 Å². The number of anilines is 1. The Balaban J connectivity index is 1.36. The lowest BCUT2D eigenvalue weighted by Gasteiger charge is -2.36. The van der Waals surface area contributed by atoms with E-state index >= 15 is 0 Å². The molecule has 2 aromatic carbocycles. The molecule has 28 heavy (non-hydrogen) atoms. The predicted molar refractivity (Wildman–Crippen MR) is 110 cm³/mol. The average molecular weight is 395 g/mol. The second-order valence-electron chi connectivity index (χ2n) is 6.73.